The molecule has 0 aliphatic carbocycles. The van der Waals surface area contributed by atoms with Crippen molar-refractivity contribution in [2.45, 2.75) is 0 Å². The Kier molecular flexibility index (Phi) is 6.44. The lowest BCUT2D eigenvalue weighted by Gasteiger charge is -2.23. The van der Waals surface area contributed by atoms with Crippen molar-refractivity contribution in [1.29, 1.82) is 10.5 Å². The lowest BCUT2D eigenvalue weighted by atomic mass is 10.0. The lowest BCUT2D eigenvalue weighted by Crippen LogP contribution is -2.29. The number of nitriles is 2. The van der Waals surface area contributed by atoms with Crippen LogP contribution in [0.25, 0.3) is 10.4 Å². The highest BCUT2D eigenvalue weighted by atomic mass is 16.3. The van der Waals surface area contributed by atoms with Crippen molar-refractivity contribution in [1.82, 2.24) is 0 Å². The topological polar surface area (TPSA) is 95.6 Å². The molecule has 0 fully saturated rings. The van der Waals surface area contributed by atoms with Crippen molar-refractivity contribution in [3.8, 4) is 12.1 Å². The summed E-state index contributed by atoms with van der Waals surface area (Å²) in [7, 11) is 0. The monoisotopic (exact) mass is 282 g/mol. The summed E-state index contributed by atoms with van der Waals surface area (Å²) in [6, 6.07) is 10.3. The van der Waals surface area contributed by atoms with Gasteiger partial charge in [-0.3, -0.25) is 0 Å². The normalized spacial score (nSPS) is 10.8. The van der Waals surface area contributed by atoms with Gasteiger partial charge in [0.2, 0.25) is 0 Å². The molecule has 21 heavy (non-hydrogen) atoms. The predicted molar refractivity (Wildman–Crippen MR) is 77.6 cm³/mol. The van der Waals surface area contributed by atoms with Crippen LogP contribution in [0.5, 0.6) is 0 Å². The average molecular weight is 282 g/mol. The van der Waals surface area contributed by atoms with E-state index in [9.17, 15) is 0 Å². The van der Waals surface area contributed by atoms with E-state index in [0.717, 1.165) is 5.69 Å². The summed E-state index contributed by atoms with van der Waals surface area (Å²) < 4.78 is 0. The lowest BCUT2D eigenvalue weighted by molar-refractivity contribution is 0.281. The van der Waals surface area contributed by atoms with Gasteiger partial charge in [-0.25, -0.2) is 10.1 Å². The van der Waals surface area contributed by atoms with Crippen LogP contribution >= 0.6 is 0 Å². The van der Waals surface area contributed by atoms with E-state index < -0.39 is 0 Å². The highest BCUT2D eigenvalue weighted by molar-refractivity contribution is 5.83. The molecule has 0 radical (unpaired) electrons. The van der Waals surface area contributed by atoms with Crippen LogP contribution in [0.2, 0.25) is 0 Å². The van der Waals surface area contributed by atoms with Crippen molar-refractivity contribution < 1.29 is 10.2 Å². The zero-order valence-electron chi connectivity index (χ0n) is 11.3. The van der Waals surface area contributed by atoms with Crippen LogP contribution in [0.3, 0.4) is 0 Å². The summed E-state index contributed by atoms with van der Waals surface area (Å²) in [5.74, 6) is 0. The summed E-state index contributed by atoms with van der Waals surface area (Å²) in [5.41, 5.74) is 1.06. The average Bonchev–Trinajstić information content (AvgIpc) is 2.52. The van der Waals surface area contributed by atoms with Crippen molar-refractivity contribution in [2.75, 3.05) is 31.2 Å². The molecular formula is C15H14N4O2. The van der Waals surface area contributed by atoms with Crippen molar-refractivity contribution in [3.63, 3.8) is 0 Å². The molecule has 1 rings (SSSR count). The van der Waals surface area contributed by atoms with Crippen LogP contribution in [-0.2, 0) is 0 Å². The summed E-state index contributed by atoms with van der Waals surface area (Å²) in [4.78, 5) is 4.83. The third kappa shape index (κ3) is 4.06. The van der Waals surface area contributed by atoms with E-state index in [-0.39, 0.29) is 24.5 Å². The molecule has 0 saturated carbocycles. The van der Waals surface area contributed by atoms with Gasteiger partial charge in [-0.2, -0.15) is 5.26 Å². The van der Waals surface area contributed by atoms with E-state index in [1.54, 1.807) is 35.2 Å². The Morgan fingerprint density at radius 3 is 2.05 bits per heavy atom. The number of allylic oxidation sites excluding steroid dienone is 2. The molecule has 0 unspecified atom stereocenters. The van der Waals surface area contributed by atoms with Gasteiger partial charge in [0, 0.05) is 18.8 Å². The molecule has 0 amide bonds. The van der Waals surface area contributed by atoms with Gasteiger partial charge in [0.25, 0.3) is 5.70 Å². The van der Waals surface area contributed by atoms with E-state index in [1.807, 2.05) is 6.07 Å². The number of anilines is 1. The van der Waals surface area contributed by atoms with E-state index >= 15 is 0 Å². The summed E-state index contributed by atoms with van der Waals surface area (Å²) >= 11 is 0. The highest BCUT2D eigenvalue weighted by Crippen LogP contribution is 2.22. The Labute approximate surface area is 123 Å². The van der Waals surface area contributed by atoms with Gasteiger partial charge >= 0.3 is 0 Å². The number of aliphatic hydroxyl groups is 2. The van der Waals surface area contributed by atoms with Crippen LogP contribution in [-0.4, -0.2) is 36.5 Å². The maximum absolute atomic E-state index is 9.08. The summed E-state index contributed by atoms with van der Waals surface area (Å²) in [6.07, 6.45) is 0. The van der Waals surface area contributed by atoms with Crippen molar-refractivity contribution in [3.05, 3.63) is 46.9 Å². The fraction of sp³-hybridized carbons (Fsp3) is 0.267. The largest absolute Gasteiger partial charge is 0.395 e. The first kappa shape index (κ1) is 16.2. The minimum absolute atomic E-state index is 0.0370. The Hall–Kier alpha value is -2.85. The fourth-order valence-electron chi connectivity index (χ4n) is 1.84. The van der Waals surface area contributed by atoms with Gasteiger partial charge in [0.15, 0.2) is 0 Å². The molecule has 106 valence electrons. The first-order chi connectivity index (χ1) is 10.2. The second-order valence-electron chi connectivity index (χ2n) is 4.04. The minimum Gasteiger partial charge on any atom is -0.395 e. The second-order valence-corrected chi connectivity index (χ2v) is 4.04. The summed E-state index contributed by atoms with van der Waals surface area (Å²) in [6.45, 7) is 7.57. The van der Waals surface area contributed by atoms with Gasteiger partial charge in [-0.15, -0.1) is 0 Å². The number of aliphatic hydroxyl groups excluding tert-OH is 2. The molecule has 1 aromatic carbocycles. The molecular weight excluding hydrogens is 268 g/mol. The maximum atomic E-state index is 9.08. The molecule has 6 nitrogen and oxygen atoms in total. The first-order valence-corrected chi connectivity index (χ1v) is 6.20. The van der Waals surface area contributed by atoms with Crippen LogP contribution < -0.4 is 4.90 Å². The molecule has 0 spiro atoms. The first-order valence-electron chi connectivity index (χ1n) is 6.20. The molecule has 2 N–H and O–H groups in total. The molecule has 0 atom stereocenters. The SMILES string of the molecule is [C-]#[N+]/C(C#N)=C(\C#N)c1ccc(N(CCO)CCO)cc1. The molecule has 6 heteroatoms. The van der Waals surface area contributed by atoms with Crippen LogP contribution in [0.1, 0.15) is 5.56 Å². The fourth-order valence-corrected chi connectivity index (χ4v) is 1.84. The van der Waals surface area contributed by atoms with Crippen molar-refractivity contribution >= 4 is 11.3 Å². The third-order valence-electron chi connectivity index (χ3n) is 2.83. The number of nitrogens with zero attached hydrogens (tertiary/aromatic N) is 4. The van der Waals surface area contributed by atoms with Gasteiger partial charge in [0.05, 0.1) is 37.5 Å². The minimum atomic E-state index is -0.243. The van der Waals surface area contributed by atoms with Crippen LogP contribution in [0.4, 0.5) is 5.69 Å². The Morgan fingerprint density at radius 2 is 1.67 bits per heavy atom. The van der Waals surface area contributed by atoms with Crippen molar-refractivity contribution in [2.24, 2.45) is 0 Å². The highest BCUT2D eigenvalue weighted by Gasteiger charge is 2.10. The number of rotatable bonds is 6. The predicted octanol–water partition coefficient (Wildman–Crippen LogP) is 1.16. The Bertz CT molecular complexity index is 608. The van der Waals surface area contributed by atoms with E-state index in [0.29, 0.717) is 18.7 Å². The van der Waals surface area contributed by atoms with Crippen LogP contribution in [0.15, 0.2) is 30.0 Å². The Balaban J connectivity index is 3.13. The zero-order valence-corrected chi connectivity index (χ0v) is 11.3. The number of hydrogen-bond donors (Lipinski definition) is 2. The summed E-state index contributed by atoms with van der Waals surface area (Å²) in [5, 5.41) is 35.9. The number of hydrogen-bond acceptors (Lipinski definition) is 5. The van der Waals surface area contributed by atoms with E-state index in [2.05, 4.69) is 4.85 Å². The molecule has 1 aromatic rings. The molecule has 0 bridgehead atoms. The Morgan fingerprint density at radius 1 is 1.10 bits per heavy atom. The van der Waals surface area contributed by atoms with Gasteiger partial charge in [-0.05, 0) is 17.7 Å². The second kappa shape index (κ2) is 8.35. The van der Waals surface area contributed by atoms with Crippen LogP contribution in [0, 0.1) is 29.2 Å². The molecule has 0 saturated heterocycles. The van der Waals surface area contributed by atoms with Gasteiger partial charge < -0.3 is 15.1 Å². The smallest absolute Gasteiger partial charge is 0.279 e. The zero-order chi connectivity index (χ0) is 15.7. The van der Waals surface area contributed by atoms with E-state index in [1.165, 1.54) is 0 Å². The van der Waals surface area contributed by atoms with Gasteiger partial charge in [0.1, 0.15) is 0 Å². The number of benzene rings is 1. The molecule has 0 aliphatic heterocycles. The third-order valence-corrected chi connectivity index (χ3v) is 2.83. The standard InChI is InChI=1S/C15H14N4O2/c1-18-15(11-17)14(10-16)12-2-4-13(5-3-12)19(6-8-20)7-9-21/h2-5,20-21H,6-9H2/b15-14+. The molecule has 0 heterocycles. The van der Waals surface area contributed by atoms with E-state index in [4.69, 9.17) is 27.3 Å². The molecule has 0 aliphatic rings. The molecule has 0 aromatic heterocycles. The quantitative estimate of drug-likeness (QED) is 0.603. The van der Waals surface area contributed by atoms with Gasteiger partial charge in [-0.1, -0.05) is 12.1 Å². The maximum Gasteiger partial charge on any atom is 0.279 e.